The molecule has 5 heteroatoms. The number of aromatic nitrogens is 4. The summed E-state index contributed by atoms with van der Waals surface area (Å²) in [4.78, 5) is 10.6. The fraction of sp³-hybridized carbons (Fsp3) is 0. The third-order valence-corrected chi connectivity index (χ3v) is 9.68. The summed E-state index contributed by atoms with van der Waals surface area (Å²) in [5.74, 6) is 2.23. The average molecular weight is 601 g/mol. The molecular formula is C42H24N4O. The summed E-state index contributed by atoms with van der Waals surface area (Å²) in [5, 5.41) is 8.01. The summed E-state index contributed by atoms with van der Waals surface area (Å²) in [6.45, 7) is 0. The van der Waals surface area contributed by atoms with Crippen molar-refractivity contribution in [1.82, 2.24) is 19.1 Å². The highest BCUT2D eigenvalue weighted by molar-refractivity contribution is 6.26. The van der Waals surface area contributed by atoms with Crippen LogP contribution in [-0.2, 0) is 0 Å². The second kappa shape index (κ2) is 9.05. The highest BCUT2D eigenvalue weighted by Crippen LogP contribution is 2.47. The Kier molecular flexibility index (Phi) is 4.78. The molecule has 11 rings (SSSR count). The van der Waals surface area contributed by atoms with E-state index >= 15 is 0 Å². The zero-order chi connectivity index (χ0) is 30.6. The summed E-state index contributed by atoms with van der Waals surface area (Å²) < 4.78 is 11.1. The van der Waals surface area contributed by atoms with Gasteiger partial charge in [-0.15, -0.1) is 0 Å². The van der Waals surface area contributed by atoms with Gasteiger partial charge < -0.3 is 9.30 Å². The largest absolute Gasteiger partial charge is 0.456 e. The first-order valence-corrected chi connectivity index (χ1v) is 15.8. The lowest BCUT2D eigenvalue weighted by Crippen LogP contribution is -2.06. The topological polar surface area (TPSA) is 44.9 Å². The number of benzene rings is 7. The molecule has 0 atom stereocenters. The van der Waals surface area contributed by atoms with Crippen molar-refractivity contribution in [1.29, 1.82) is 0 Å². The van der Waals surface area contributed by atoms with E-state index in [1.54, 1.807) is 0 Å². The summed E-state index contributed by atoms with van der Waals surface area (Å²) >= 11 is 0. The van der Waals surface area contributed by atoms with Crippen molar-refractivity contribution in [3.05, 3.63) is 146 Å². The maximum absolute atomic E-state index is 6.47. The Balaban J connectivity index is 1.28. The minimum Gasteiger partial charge on any atom is -0.456 e. The van der Waals surface area contributed by atoms with Crippen molar-refractivity contribution in [3.8, 4) is 34.4 Å². The van der Waals surface area contributed by atoms with Gasteiger partial charge in [0.25, 0.3) is 0 Å². The highest BCUT2D eigenvalue weighted by Gasteiger charge is 2.26. The maximum Gasteiger partial charge on any atom is 0.235 e. The number of para-hydroxylation sites is 3. The van der Waals surface area contributed by atoms with Crippen LogP contribution in [0.2, 0.25) is 0 Å². The highest BCUT2D eigenvalue weighted by atomic mass is 16.5. The molecule has 0 spiro atoms. The molecule has 0 saturated carbocycles. The number of ether oxygens (including phenoxy) is 1. The molecule has 10 aromatic rings. The molecule has 1 aliphatic heterocycles. The van der Waals surface area contributed by atoms with Gasteiger partial charge in [-0.1, -0.05) is 91.0 Å². The lowest BCUT2D eigenvalue weighted by Gasteiger charge is -2.21. The molecule has 5 nitrogen and oxygen atoms in total. The van der Waals surface area contributed by atoms with Crippen LogP contribution in [-0.4, -0.2) is 19.1 Å². The molecule has 1 aliphatic rings. The van der Waals surface area contributed by atoms with Crippen molar-refractivity contribution < 1.29 is 4.74 Å². The van der Waals surface area contributed by atoms with E-state index in [1.165, 1.54) is 27.2 Å². The minimum atomic E-state index is 0.638. The molecule has 3 aromatic heterocycles. The molecule has 0 unspecified atom stereocenters. The standard InChI is InChI=1S/C42H24N4O/c1-2-13-27(14-3-1)45-33-18-8-6-15-28(33)29-21-22-35-38(41(29)45)30-16-7-9-19-34(30)46(35)42-43-32-17-10-20-36-39(32)40(44-42)31-23-25-11-4-5-12-26(25)24-37(31)47-36/h1-24H. The summed E-state index contributed by atoms with van der Waals surface area (Å²) in [6, 6.07) is 51.2. The number of hydrogen-bond donors (Lipinski definition) is 0. The molecule has 0 fully saturated rings. The molecule has 0 saturated heterocycles. The van der Waals surface area contributed by atoms with E-state index in [0.717, 1.165) is 66.5 Å². The zero-order valence-corrected chi connectivity index (χ0v) is 25.1. The van der Waals surface area contributed by atoms with Gasteiger partial charge in [0, 0.05) is 32.8 Å². The molecule has 4 heterocycles. The summed E-state index contributed by atoms with van der Waals surface area (Å²) in [7, 11) is 0. The van der Waals surface area contributed by atoms with Crippen LogP contribution in [0.4, 0.5) is 0 Å². The van der Waals surface area contributed by atoms with Crippen LogP contribution in [0, 0.1) is 0 Å². The molecule has 7 aromatic carbocycles. The second-order valence-electron chi connectivity index (χ2n) is 12.2. The summed E-state index contributed by atoms with van der Waals surface area (Å²) in [6.07, 6.45) is 0. The normalized spacial score (nSPS) is 12.4. The SMILES string of the molecule is c1ccc(-n2c3ccccc3c3ccc4c(c5ccccc5n4-c4nc5c6c(cccc6n4)Oc4cc6ccccc6cc4-5)c32)cc1. The van der Waals surface area contributed by atoms with Crippen LogP contribution in [0.5, 0.6) is 11.5 Å². The minimum absolute atomic E-state index is 0.638. The van der Waals surface area contributed by atoms with Crippen LogP contribution < -0.4 is 4.74 Å². The van der Waals surface area contributed by atoms with Crippen LogP contribution in [0.15, 0.2) is 146 Å². The fourth-order valence-electron chi connectivity index (χ4n) is 7.70. The lowest BCUT2D eigenvalue weighted by atomic mass is 9.98. The number of nitrogens with zero attached hydrogens (tertiary/aromatic N) is 4. The number of rotatable bonds is 2. The molecule has 47 heavy (non-hydrogen) atoms. The van der Waals surface area contributed by atoms with E-state index in [0.29, 0.717) is 5.95 Å². The molecule has 0 bridgehead atoms. The van der Waals surface area contributed by atoms with Gasteiger partial charge in [-0.05, 0) is 65.4 Å². The molecule has 218 valence electrons. The van der Waals surface area contributed by atoms with Crippen molar-refractivity contribution >= 4 is 65.3 Å². The Hall–Kier alpha value is -6.46. The lowest BCUT2D eigenvalue weighted by molar-refractivity contribution is 0.487. The van der Waals surface area contributed by atoms with Crippen LogP contribution in [0.3, 0.4) is 0 Å². The maximum atomic E-state index is 6.47. The smallest absolute Gasteiger partial charge is 0.235 e. The van der Waals surface area contributed by atoms with E-state index in [9.17, 15) is 0 Å². The van der Waals surface area contributed by atoms with Gasteiger partial charge in [-0.25, -0.2) is 9.97 Å². The van der Waals surface area contributed by atoms with E-state index < -0.39 is 0 Å². The van der Waals surface area contributed by atoms with Gasteiger partial charge in [0.15, 0.2) is 0 Å². The Morgan fingerprint density at radius 3 is 2.04 bits per heavy atom. The average Bonchev–Trinajstić information content (AvgIpc) is 3.64. The first-order valence-electron chi connectivity index (χ1n) is 15.8. The van der Waals surface area contributed by atoms with E-state index in [4.69, 9.17) is 14.7 Å². The van der Waals surface area contributed by atoms with Crippen molar-refractivity contribution in [2.24, 2.45) is 0 Å². The van der Waals surface area contributed by atoms with Gasteiger partial charge in [-0.3, -0.25) is 4.57 Å². The predicted octanol–water partition coefficient (Wildman–Crippen LogP) is 10.7. The first kappa shape index (κ1) is 24.8. The third-order valence-electron chi connectivity index (χ3n) is 9.68. The zero-order valence-electron chi connectivity index (χ0n) is 25.1. The molecule has 0 amide bonds. The molecule has 0 aliphatic carbocycles. The molecule has 0 radical (unpaired) electrons. The van der Waals surface area contributed by atoms with Crippen LogP contribution >= 0.6 is 0 Å². The molecular weight excluding hydrogens is 576 g/mol. The van der Waals surface area contributed by atoms with Crippen molar-refractivity contribution in [3.63, 3.8) is 0 Å². The van der Waals surface area contributed by atoms with Gasteiger partial charge in [0.2, 0.25) is 5.95 Å². The fourth-order valence-corrected chi connectivity index (χ4v) is 7.70. The third kappa shape index (κ3) is 3.32. The Labute approximate surface area is 268 Å². The molecule has 0 N–H and O–H groups in total. The summed E-state index contributed by atoms with van der Waals surface area (Å²) in [5.41, 5.74) is 8.33. The van der Waals surface area contributed by atoms with Gasteiger partial charge in [-0.2, -0.15) is 0 Å². The van der Waals surface area contributed by atoms with Crippen molar-refractivity contribution in [2.45, 2.75) is 0 Å². The van der Waals surface area contributed by atoms with E-state index in [2.05, 4.69) is 143 Å². The Morgan fingerprint density at radius 2 is 1.19 bits per heavy atom. The number of hydrogen-bond acceptors (Lipinski definition) is 3. The monoisotopic (exact) mass is 600 g/mol. The number of fused-ring (bicyclic) bond motifs is 10. The van der Waals surface area contributed by atoms with Gasteiger partial charge in [0.1, 0.15) is 11.5 Å². The predicted molar refractivity (Wildman–Crippen MR) is 191 cm³/mol. The van der Waals surface area contributed by atoms with Crippen LogP contribution in [0.1, 0.15) is 0 Å². The Bertz CT molecular complexity index is 2940. The van der Waals surface area contributed by atoms with Gasteiger partial charge in [0.05, 0.1) is 38.7 Å². The van der Waals surface area contributed by atoms with Gasteiger partial charge >= 0.3 is 0 Å². The van der Waals surface area contributed by atoms with Crippen molar-refractivity contribution in [2.75, 3.05) is 0 Å². The van der Waals surface area contributed by atoms with Crippen LogP contribution in [0.25, 0.3) is 88.2 Å². The first-order chi connectivity index (χ1) is 23.3. The van der Waals surface area contributed by atoms with E-state index in [-0.39, 0.29) is 0 Å². The quantitative estimate of drug-likeness (QED) is 0.198. The van der Waals surface area contributed by atoms with E-state index in [1.807, 2.05) is 12.1 Å². The second-order valence-corrected chi connectivity index (χ2v) is 12.2. The Morgan fingerprint density at radius 1 is 0.468 bits per heavy atom.